The van der Waals surface area contributed by atoms with Gasteiger partial charge in [-0.15, -0.1) is 0 Å². The third kappa shape index (κ3) is 6.17. The van der Waals surface area contributed by atoms with Crippen LogP contribution in [0.5, 0.6) is 0 Å². The SMILES string of the molecule is CCCCc1ccc(CC(=O)NCC(C)(O)CO)cc1. The van der Waals surface area contributed by atoms with E-state index < -0.39 is 5.60 Å². The molecular formula is C16H25NO3. The highest BCUT2D eigenvalue weighted by Gasteiger charge is 2.19. The first-order valence-corrected chi connectivity index (χ1v) is 7.14. The first-order chi connectivity index (χ1) is 9.46. The monoisotopic (exact) mass is 279 g/mol. The van der Waals surface area contributed by atoms with Crippen molar-refractivity contribution in [3.63, 3.8) is 0 Å². The fraction of sp³-hybridized carbons (Fsp3) is 0.562. The summed E-state index contributed by atoms with van der Waals surface area (Å²) in [5.41, 5.74) is 0.977. The number of aliphatic hydroxyl groups excluding tert-OH is 1. The van der Waals surface area contributed by atoms with Gasteiger partial charge < -0.3 is 15.5 Å². The number of nitrogens with one attached hydrogen (secondary N) is 1. The molecule has 0 aromatic heterocycles. The summed E-state index contributed by atoms with van der Waals surface area (Å²) in [6, 6.07) is 8.05. The highest BCUT2D eigenvalue weighted by atomic mass is 16.3. The summed E-state index contributed by atoms with van der Waals surface area (Å²) in [6.45, 7) is 3.33. The van der Waals surface area contributed by atoms with Gasteiger partial charge in [0.2, 0.25) is 5.91 Å². The van der Waals surface area contributed by atoms with E-state index in [1.54, 1.807) is 0 Å². The molecule has 0 aliphatic heterocycles. The molecule has 4 nitrogen and oxygen atoms in total. The quantitative estimate of drug-likeness (QED) is 0.674. The highest BCUT2D eigenvalue weighted by molar-refractivity contribution is 5.78. The summed E-state index contributed by atoms with van der Waals surface area (Å²) in [5.74, 6) is -0.153. The van der Waals surface area contributed by atoms with E-state index in [1.165, 1.54) is 25.3 Å². The van der Waals surface area contributed by atoms with Crippen molar-refractivity contribution in [2.45, 2.75) is 45.1 Å². The van der Waals surface area contributed by atoms with Gasteiger partial charge in [0.1, 0.15) is 5.60 Å². The molecule has 3 N–H and O–H groups in total. The maximum Gasteiger partial charge on any atom is 0.224 e. The number of amides is 1. The van der Waals surface area contributed by atoms with Crippen LogP contribution in [-0.4, -0.2) is 34.9 Å². The van der Waals surface area contributed by atoms with Crippen molar-refractivity contribution in [1.82, 2.24) is 5.32 Å². The summed E-state index contributed by atoms with van der Waals surface area (Å²) < 4.78 is 0. The number of carbonyl (C=O) groups is 1. The first-order valence-electron chi connectivity index (χ1n) is 7.14. The van der Waals surface area contributed by atoms with Crippen molar-refractivity contribution < 1.29 is 15.0 Å². The molecule has 20 heavy (non-hydrogen) atoms. The lowest BCUT2D eigenvalue weighted by Gasteiger charge is -2.20. The van der Waals surface area contributed by atoms with Crippen LogP contribution in [0.15, 0.2) is 24.3 Å². The molecule has 1 rings (SSSR count). The predicted molar refractivity (Wildman–Crippen MR) is 79.5 cm³/mol. The van der Waals surface area contributed by atoms with Gasteiger partial charge in [-0.2, -0.15) is 0 Å². The molecule has 0 aliphatic rings. The first kappa shape index (κ1) is 16.7. The number of hydrogen-bond acceptors (Lipinski definition) is 3. The highest BCUT2D eigenvalue weighted by Crippen LogP contribution is 2.08. The van der Waals surface area contributed by atoms with Crippen LogP contribution < -0.4 is 5.32 Å². The zero-order valence-corrected chi connectivity index (χ0v) is 12.4. The molecule has 112 valence electrons. The van der Waals surface area contributed by atoms with E-state index in [1.807, 2.05) is 12.1 Å². The standard InChI is InChI=1S/C16H25NO3/c1-3-4-5-13-6-8-14(9-7-13)10-15(19)17-11-16(2,20)12-18/h6-9,18,20H,3-5,10-12H2,1-2H3,(H,17,19). The van der Waals surface area contributed by atoms with Crippen LogP contribution in [0.25, 0.3) is 0 Å². The van der Waals surface area contributed by atoms with Crippen molar-refractivity contribution in [1.29, 1.82) is 0 Å². The van der Waals surface area contributed by atoms with E-state index in [4.69, 9.17) is 5.11 Å². The van der Waals surface area contributed by atoms with Crippen LogP contribution in [0.4, 0.5) is 0 Å². The zero-order chi connectivity index (χ0) is 15.0. The van der Waals surface area contributed by atoms with E-state index in [2.05, 4.69) is 24.4 Å². The Labute approximate surface area is 120 Å². The Hall–Kier alpha value is -1.39. The van der Waals surface area contributed by atoms with Crippen LogP contribution in [0.2, 0.25) is 0 Å². The Kier molecular flexibility index (Phi) is 6.68. The largest absolute Gasteiger partial charge is 0.393 e. The molecule has 0 radical (unpaired) electrons. The Balaban J connectivity index is 2.42. The van der Waals surface area contributed by atoms with Gasteiger partial charge in [0, 0.05) is 6.54 Å². The van der Waals surface area contributed by atoms with E-state index in [0.717, 1.165) is 12.0 Å². The molecule has 0 fully saturated rings. The lowest BCUT2D eigenvalue weighted by molar-refractivity contribution is -0.121. The van der Waals surface area contributed by atoms with E-state index >= 15 is 0 Å². The van der Waals surface area contributed by atoms with E-state index in [-0.39, 0.29) is 25.5 Å². The molecule has 1 unspecified atom stereocenters. The second-order valence-corrected chi connectivity index (χ2v) is 5.53. The number of hydrogen-bond donors (Lipinski definition) is 3. The minimum absolute atomic E-state index is 0.0525. The smallest absolute Gasteiger partial charge is 0.224 e. The van der Waals surface area contributed by atoms with Gasteiger partial charge in [0.15, 0.2) is 0 Å². The number of benzene rings is 1. The normalized spacial score (nSPS) is 13.8. The Morgan fingerprint density at radius 1 is 1.25 bits per heavy atom. The number of unbranched alkanes of at least 4 members (excludes halogenated alkanes) is 1. The van der Waals surface area contributed by atoms with Crippen molar-refractivity contribution >= 4 is 5.91 Å². The van der Waals surface area contributed by atoms with Crippen molar-refractivity contribution in [2.24, 2.45) is 0 Å². The summed E-state index contributed by atoms with van der Waals surface area (Å²) in [6.07, 6.45) is 3.71. The van der Waals surface area contributed by atoms with E-state index in [0.29, 0.717) is 0 Å². The second-order valence-electron chi connectivity index (χ2n) is 5.53. The minimum atomic E-state index is -1.26. The Morgan fingerprint density at radius 2 is 1.85 bits per heavy atom. The topological polar surface area (TPSA) is 69.6 Å². The average molecular weight is 279 g/mol. The molecule has 0 bridgehead atoms. The summed E-state index contributed by atoms with van der Waals surface area (Å²) >= 11 is 0. The number of aliphatic hydroxyl groups is 2. The van der Waals surface area contributed by atoms with Gasteiger partial charge in [0.05, 0.1) is 13.0 Å². The van der Waals surface area contributed by atoms with Gasteiger partial charge in [-0.05, 0) is 30.9 Å². The summed E-state index contributed by atoms with van der Waals surface area (Å²) in [7, 11) is 0. The van der Waals surface area contributed by atoms with E-state index in [9.17, 15) is 9.90 Å². The van der Waals surface area contributed by atoms with Crippen LogP contribution in [0, 0.1) is 0 Å². The summed E-state index contributed by atoms with van der Waals surface area (Å²) in [4.78, 5) is 11.7. The van der Waals surface area contributed by atoms with Crippen molar-refractivity contribution in [3.05, 3.63) is 35.4 Å². The molecule has 1 aromatic rings. The van der Waals surface area contributed by atoms with Gasteiger partial charge in [-0.25, -0.2) is 0 Å². The molecule has 0 saturated heterocycles. The Morgan fingerprint density at radius 3 is 2.40 bits per heavy atom. The third-order valence-corrected chi connectivity index (χ3v) is 3.21. The van der Waals surface area contributed by atoms with Crippen LogP contribution >= 0.6 is 0 Å². The molecule has 0 aliphatic carbocycles. The second kappa shape index (κ2) is 8.02. The number of aryl methyl sites for hydroxylation is 1. The molecule has 1 aromatic carbocycles. The van der Waals surface area contributed by atoms with Crippen LogP contribution in [0.1, 0.15) is 37.8 Å². The van der Waals surface area contributed by atoms with Gasteiger partial charge >= 0.3 is 0 Å². The third-order valence-electron chi connectivity index (χ3n) is 3.21. The lowest BCUT2D eigenvalue weighted by Crippen LogP contribution is -2.43. The molecule has 4 heteroatoms. The van der Waals surface area contributed by atoms with Crippen molar-refractivity contribution in [2.75, 3.05) is 13.2 Å². The lowest BCUT2D eigenvalue weighted by atomic mass is 10.0. The zero-order valence-electron chi connectivity index (χ0n) is 12.4. The van der Waals surface area contributed by atoms with Gasteiger partial charge in [-0.3, -0.25) is 4.79 Å². The molecule has 1 amide bonds. The number of carbonyl (C=O) groups excluding carboxylic acids is 1. The minimum Gasteiger partial charge on any atom is -0.393 e. The van der Waals surface area contributed by atoms with Crippen LogP contribution in [0.3, 0.4) is 0 Å². The molecule has 0 heterocycles. The predicted octanol–water partition coefficient (Wildman–Crippen LogP) is 1.43. The average Bonchev–Trinajstić information content (AvgIpc) is 2.45. The fourth-order valence-electron chi connectivity index (χ4n) is 1.80. The fourth-order valence-corrected chi connectivity index (χ4v) is 1.80. The Bertz CT molecular complexity index is 412. The van der Waals surface area contributed by atoms with Crippen molar-refractivity contribution in [3.8, 4) is 0 Å². The van der Waals surface area contributed by atoms with Gasteiger partial charge in [-0.1, -0.05) is 37.6 Å². The molecular weight excluding hydrogens is 254 g/mol. The molecule has 0 spiro atoms. The summed E-state index contributed by atoms with van der Waals surface area (Å²) in [5, 5.41) is 21.1. The molecule has 0 saturated carbocycles. The maximum atomic E-state index is 11.7. The maximum absolute atomic E-state index is 11.7. The van der Waals surface area contributed by atoms with Crippen LogP contribution in [-0.2, 0) is 17.6 Å². The van der Waals surface area contributed by atoms with Gasteiger partial charge in [0.25, 0.3) is 0 Å². The molecule has 1 atom stereocenters. The number of rotatable bonds is 8.